The van der Waals surface area contributed by atoms with E-state index in [-0.39, 0.29) is 12.1 Å². The first-order chi connectivity index (χ1) is 7.98. The predicted molar refractivity (Wildman–Crippen MR) is 54.9 cm³/mol. The third-order valence-electron chi connectivity index (χ3n) is 2.68. The summed E-state index contributed by atoms with van der Waals surface area (Å²) in [5, 5.41) is 2.98. The van der Waals surface area contributed by atoms with E-state index in [1.807, 2.05) is 0 Å². The monoisotopic (exact) mass is 257 g/mol. The molecular weight excluding hydrogens is 239 g/mol. The number of alkyl halides is 3. The van der Waals surface area contributed by atoms with Crippen LogP contribution in [0.2, 0.25) is 0 Å². The van der Waals surface area contributed by atoms with Gasteiger partial charge in [0, 0.05) is 13.2 Å². The zero-order valence-electron chi connectivity index (χ0n) is 9.92. The Kier molecular flexibility index (Phi) is 5.64. The molecule has 102 valence electrons. The second-order valence-electron chi connectivity index (χ2n) is 3.92. The van der Waals surface area contributed by atoms with Crippen molar-refractivity contribution < 1.29 is 27.4 Å². The molecule has 3 atom stereocenters. The molecule has 1 fully saturated rings. The van der Waals surface area contributed by atoms with E-state index in [4.69, 9.17) is 14.2 Å². The minimum absolute atomic E-state index is 0.0464. The van der Waals surface area contributed by atoms with Crippen molar-refractivity contribution >= 4 is 0 Å². The lowest BCUT2D eigenvalue weighted by atomic mass is 9.85. The van der Waals surface area contributed by atoms with Crippen LogP contribution in [0.15, 0.2) is 0 Å². The Morgan fingerprint density at radius 3 is 2.47 bits per heavy atom. The average Bonchev–Trinajstić information content (AvgIpc) is 2.21. The highest BCUT2D eigenvalue weighted by molar-refractivity contribution is 4.96. The Balaban J connectivity index is 2.29. The quantitative estimate of drug-likeness (QED) is 0.690. The van der Waals surface area contributed by atoms with Crippen molar-refractivity contribution in [2.75, 3.05) is 34.0 Å². The van der Waals surface area contributed by atoms with Gasteiger partial charge in [-0.2, -0.15) is 13.2 Å². The molecule has 0 aliphatic heterocycles. The SMILES string of the molecule is CNC1CC(OCC(F)(F)F)C1OCCOC. The van der Waals surface area contributed by atoms with Crippen molar-refractivity contribution in [2.45, 2.75) is 30.8 Å². The van der Waals surface area contributed by atoms with E-state index >= 15 is 0 Å². The van der Waals surface area contributed by atoms with E-state index in [1.165, 1.54) is 7.11 Å². The van der Waals surface area contributed by atoms with Gasteiger partial charge >= 0.3 is 6.18 Å². The van der Waals surface area contributed by atoms with Crippen LogP contribution in [0.1, 0.15) is 6.42 Å². The van der Waals surface area contributed by atoms with Gasteiger partial charge in [-0.05, 0) is 13.5 Å². The fourth-order valence-electron chi connectivity index (χ4n) is 1.72. The Labute approximate surface area is 98.4 Å². The number of ether oxygens (including phenoxy) is 3. The van der Waals surface area contributed by atoms with Crippen molar-refractivity contribution in [3.05, 3.63) is 0 Å². The molecule has 0 aromatic rings. The smallest absolute Gasteiger partial charge is 0.382 e. The summed E-state index contributed by atoms with van der Waals surface area (Å²) in [6.45, 7) is -0.456. The van der Waals surface area contributed by atoms with Crippen LogP contribution in [0, 0.1) is 0 Å². The first-order valence-corrected chi connectivity index (χ1v) is 5.44. The first kappa shape index (κ1) is 14.7. The standard InChI is InChI=1S/C10H18F3NO3/c1-14-7-5-8(17-6-10(11,12)13)9(7)16-4-3-15-2/h7-9,14H,3-6H2,1-2H3. The Bertz CT molecular complexity index is 225. The van der Waals surface area contributed by atoms with Crippen molar-refractivity contribution in [1.29, 1.82) is 0 Å². The summed E-state index contributed by atoms with van der Waals surface area (Å²) in [6.07, 6.45) is -4.59. The molecule has 0 aromatic carbocycles. The number of rotatable bonds is 7. The van der Waals surface area contributed by atoms with Gasteiger partial charge in [0.05, 0.1) is 25.4 Å². The van der Waals surface area contributed by atoms with Crippen molar-refractivity contribution in [3.8, 4) is 0 Å². The molecule has 1 N–H and O–H groups in total. The summed E-state index contributed by atoms with van der Waals surface area (Å²) >= 11 is 0. The molecule has 0 amide bonds. The second kappa shape index (κ2) is 6.53. The summed E-state index contributed by atoms with van der Waals surface area (Å²) < 4.78 is 51.0. The average molecular weight is 257 g/mol. The van der Waals surface area contributed by atoms with Crippen molar-refractivity contribution in [1.82, 2.24) is 5.32 Å². The summed E-state index contributed by atoms with van der Waals surface area (Å²) in [4.78, 5) is 0. The zero-order valence-corrected chi connectivity index (χ0v) is 9.92. The highest BCUT2D eigenvalue weighted by atomic mass is 19.4. The van der Waals surface area contributed by atoms with Crippen LogP contribution >= 0.6 is 0 Å². The molecule has 1 rings (SSSR count). The highest BCUT2D eigenvalue weighted by Gasteiger charge is 2.43. The molecule has 7 heteroatoms. The highest BCUT2D eigenvalue weighted by Crippen LogP contribution is 2.29. The predicted octanol–water partition coefficient (Wildman–Crippen LogP) is 0.957. The van der Waals surface area contributed by atoms with E-state index in [2.05, 4.69) is 5.32 Å². The van der Waals surface area contributed by atoms with Gasteiger partial charge in [-0.15, -0.1) is 0 Å². The molecule has 0 heterocycles. The summed E-state index contributed by atoms with van der Waals surface area (Å²) in [7, 11) is 3.29. The molecule has 1 aliphatic rings. The van der Waals surface area contributed by atoms with E-state index in [1.54, 1.807) is 7.05 Å². The van der Waals surface area contributed by atoms with Gasteiger partial charge in [0.1, 0.15) is 6.61 Å². The Morgan fingerprint density at radius 1 is 1.24 bits per heavy atom. The molecule has 0 radical (unpaired) electrons. The van der Waals surface area contributed by atoms with E-state index in [0.29, 0.717) is 19.6 Å². The number of methoxy groups -OCH3 is 1. The fraction of sp³-hybridized carbons (Fsp3) is 1.00. The largest absolute Gasteiger partial charge is 0.411 e. The molecule has 0 saturated heterocycles. The van der Waals surface area contributed by atoms with Gasteiger partial charge in [0.15, 0.2) is 0 Å². The maximum Gasteiger partial charge on any atom is 0.411 e. The Morgan fingerprint density at radius 2 is 1.94 bits per heavy atom. The molecule has 0 aromatic heterocycles. The molecular formula is C10H18F3NO3. The molecule has 1 saturated carbocycles. The molecule has 4 nitrogen and oxygen atoms in total. The van der Waals surface area contributed by atoms with Gasteiger partial charge in [-0.1, -0.05) is 0 Å². The number of halogens is 3. The van der Waals surface area contributed by atoms with E-state index in [9.17, 15) is 13.2 Å². The fourth-order valence-corrected chi connectivity index (χ4v) is 1.72. The number of nitrogens with one attached hydrogen (secondary N) is 1. The van der Waals surface area contributed by atoms with Crippen molar-refractivity contribution in [3.63, 3.8) is 0 Å². The van der Waals surface area contributed by atoms with Gasteiger partial charge in [0.25, 0.3) is 0 Å². The third kappa shape index (κ3) is 4.79. The van der Waals surface area contributed by atoms with E-state index < -0.39 is 18.9 Å². The maximum absolute atomic E-state index is 12.0. The van der Waals surface area contributed by atoms with Crippen LogP contribution in [0.5, 0.6) is 0 Å². The van der Waals surface area contributed by atoms with Crippen LogP contribution in [0.4, 0.5) is 13.2 Å². The van der Waals surface area contributed by atoms with Crippen LogP contribution < -0.4 is 5.32 Å². The lowest BCUT2D eigenvalue weighted by Gasteiger charge is -2.43. The molecule has 0 bridgehead atoms. The molecule has 3 unspecified atom stereocenters. The normalized spacial score (nSPS) is 29.1. The lowest BCUT2D eigenvalue weighted by molar-refractivity contribution is -0.221. The zero-order chi connectivity index (χ0) is 12.9. The molecule has 17 heavy (non-hydrogen) atoms. The molecule has 0 spiro atoms. The van der Waals surface area contributed by atoms with E-state index in [0.717, 1.165) is 0 Å². The lowest BCUT2D eigenvalue weighted by Crippen LogP contribution is -2.59. The Hall–Kier alpha value is -0.370. The van der Waals surface area contributed by atoms with Crippen molar-refractivity contribution in [2.24, 2.45) is 0 Å². The van der Waals surface area contributed by atoms with Gasteiger partial charge in [-0.25, -0.2) is 0 Å². The number of likely N-dealkylation sites (N-methyl/N-ethyl adjacent to an activating group) is 1. The van der Waals surface area contributed by atoms with Crippen LogP contribution in [0.3, 0.4) is 0 Å². The minimum Gasteiger partial charge on any atom is -0.382 e. The maximum atomic E-state index is 12.0. The van der Waals surface area contributed by atoms with Crippen LogP contribution in [-0.4, -0.2) is 58.4 Å². The second-order valence-corrected chi connectivity index (χ2v) is 3.92. The minimum atomic E-state index is -4.29. The summed E-state index contributed by atoms with van der Waals surface area (Å²) in [5.74, 6) is 0. The van der Waals surface area contributed by atoms with Gasteiger partial charge < -0.3 is 19.5 Å². The van der Waals surface area contributed by atoms with Crippen LogP contribution in [0.25, 0.3) is 0 Å². The summed E-state index contributed by atoms with van der Waals surface area (Å²) in [5.41, 5.74) is 0. The topological polar surface area (TPSA) is 39.7 Å². The third-order valence-corrected chi connectivity index (χ3v) is 2.68. The number of hydrogen-bond donors (Lipinski definition) is 1. The first-order valence-electron chi connectivity index (χ1n) is 5.44. The van der Waals surface area contributed by atoms with Gasteiger partial charge in [-0.3, -0.25) is 0 Å². The summed E-state index contributed by atoms with van der Waals surface area (Å²) in [6, 6.07) is 0.0464. The molecule has 1 aliphatic carbocycles. The van der Waals surface area contributed by atoms with Gasteiger partial charge in [0.2, 0.25) is 0 Å². The number of hydrogen-bond acceptors (Lipinski definition) is 4. The van der Waals surface area contributed by atoms with Crippen LogP contribution in [-0.2, 0) is 14.2 Å².